The second kappa shape index (κ2) is 8.30. The number of nitrogens with zero attached hydrogens (tertiary/aromatic N) is 3. The Morgan fingerprint density at radius 2 is 2.03 bits per heavy atom. The molecule has 0 spiro atoms. The molecule has 2 atom stereocenters. The van der Waals surface area contributed by atoms with Gasteiger partial charge in [0.05, 0.1) is 18.5 Å². The van der Waals surface area contributed by atoms with Gasteiger partial charge >= 0.3 is 0 Å². The van der Waals surface area contributed by atoms with E-state index >= 15 is 0 Å². The third-order valence-corrected chi connectivity index (χ3v) is 5.34. The number of aliphatic hydroxyl groups excluding tert-OH is 1. The summed E-state index contributed by atoms with van der Waals surface area (Å²) in [6, 6.07) is 12.9. The van der Waals surface area contributed by atoms with Gasteiger partial charge in [0.25, 0.3) is 5.91 Å². The van der Waals surface area contributed by atoms with Gasteiger partial charge in [-0.25, -0.2) is 9.97 Å². The molecule has 0 fully saturated rings. The zero-order valence-electron chi connectivity index (χ0n) is 16.3. The maximum absolute atomic E-state index is 11.3. The molecule has 0 aliphatic rings. The molecule has 1 amide bonds. The van der Waals surface area contributed by atoms with Crippen LogP contribution in [0.2, 0.25) is 5.02 Å². The van der Waals surface area contributed by atoms with Gasteiger partial charge in [0.15, 0.2) is 5.58 Å². The Kier molecular flexibility index (Phi) is 5.57. The van der Waals surface area contributed by atoms with Crippen LogP contribution < -0.4 is 5.73 Å². The van der Waals surface area contributed by atoms with E-state index in [1.54, 1.807) is 29.8 Å². The smallest absolute Gasteiger partial charge is 0.268 e. The van der Waals surface area contributed by atoms with Crippen LogP contribution in [-0.2, 0) is 6.42 Å². The van der Waals surface area contributed by atoms with Gasteiger partial charge in [0.1, 0.15) is 11.2 Å². The van der Waals surface area contributed by atoms with Crippen molar-refractivity contribution in [2.45, 2.75) is 31.9 Å². The summed E-state index contributed by atoms with van der Waals surface area (Å²) < 4.78 is 7.79. The van der Waals surface area contributed by atoms with Gasteiger partial charge in [-0.2, -0.15) is 0 Å². The van der Waals surface area contributed by atoms with E-state index in [0.29, 0.717) is 23.8 Å². The zero-order chi connectivity index (χ0) is 21.3. The number of fused-ring (bicyclic) bond motifs is 1. The Morgan fingerprint density at radius 1 is 1.27 bits per heavy atom. The topological polar surface area (TPSA) is 107 Å². The van der Waals surface area contributed by atoms with Crippen molar-refractivity contribution in [3.8, 4) is 11.5 Å². The number of rotatable bonds is 7. The first-order valence-electron chi connectivity index (χ1n) is 9.58. The summed E-state index contributed by atoms with van der Waals surface area (Å²) >= 11 is 5.97. The van der Waals surface area contributed by atoms with Gasteiger partial charge in [-0.15, -0.1) is 0 Å². The average Bonchev–Trinajstić information content (AvgIpc) is 3.36. The minimum Gasteiger partial charge on any atom is -0.436 e. The van der Waals surface area contributed by atoms with Crippen LogP contribution in [0.1, 0.15) is 35.4 Å². The SMILES string of the molecule is C[C@H](O)C(CCc1cccc2nc(-c3ccc(Cl)cc3)oc12)n1cnc(C(N)=O)c1. The number of aryl methyl sites for hydroxylation is 1. The Hall–Kier alpha value is -3.16. The summed E-state index contributed by atoms with van der Waals surface area (Å²) in [5, 5.41) is 10.9. The number of aliphatic hydroxyl groups is 1. The Balaban J connectivity index is 1.59. The van der Waals surface area contributed by atoms with Crippen molar-refractivity contribution in [1.82, 2.24) is 14.5 Å². The molecule has 2 heterocycles. The lowest BCUT2D eigenvalue weighted by molar-refractivity contribution is 0.0994. The molecule has 2 aromatic heterocycles. The highest BCUT2D eigenvalue weighted by Gasteiger charge is 2.20. The van der Waals surface area contributed by atoms with E-state index in [1.165, 1.54) is 6.33 Å². The lowest BCUT2D eigenvalue weighted by Gasteiger charge is -2.21. The minimum atomic E-state index is -0.640. The molecule has 30 heavy (non-hydrogen) atoms. The molecule has 7 nitrogen and oxygen atoms in total. The summed E-state index contributed by atoms with van der Waals surface area (Å²) in [5.74, 6) is -0.0684. The van der Waals surface area contributed by atoms with Gasteiger partial charge < -0.3 is 19.8 Å². The van der Waals surface area contributed by atoms with Crippen LogP contribution in [-0.4, -0.2) is 31.7 Å². The molecule has 0 radical (unpaired) electrons. The van der Waals surface area contributed by atoms with Gasteiger partial charge in [0, 0.05) is 16.8 Å². The molecule has 4 aromatic rings. The van der Waals surface area contributed by atoms with Crippen LogP contribution in [0, 0.1) is 0 Å². The Bertz CT molecular complexity index is 1180. The number of hydrogen-bond acceptors (Lipinski definition) is 5. The van der Waals surface area contributed by atoms with Crippen LogP contribution in [0.3, 0.4) is 0 Å². The van der Waals surface area contributed by atoms with Crippen molar-refractivity contribution < 1.29 is 14.3 Å². The van der Waals surface area contributed by atoms with Gasteiger partial charge in [-0.1, -0.05) is 23.7 Å². The number of primary amides is 1. The molecule has 0 bridgehead atoms. The second-order valence-electron chi connectivity index (χ2n) is 7.21. The normalized spacial score (nSPS) is 13.4. The van der Waals surface area contributed by atoms with Crippen molar-refractivity contribution in [2.24, 2.45) is 5.73 Å². The highest BCUT2D eigenvalue weighted by molar-refractivity contribution is 6.30. The summed E-state index contributed by atoms with van der Waals surface area (Å²) in [6.45, 7) is 1.71. The van der Waals surface area contributed by atoms with Gasteiger partial charge in [0.2, 0.25) is 5.89 Å². The van der Waals surface area contributed by atoms with E-state index < -0.39 is 12.0 Å². The minimum absolute atomic E-state index is 0.172. The maximum atomic E-state index is 11.3. The molecular formula is C22H21ClN4O3. The molecule has 1 unspecified atom stereocenters. The summed E-state index contributed by atoms with van der Waals surface area (Å²) in [7, 11) is 0. The molecule has 0 aliphatic carbocycles. The lowest BCUT2D eigenvalue weighted by atomic mass is 10.0. The van der Waals surface area contributed by atoms with Crippen molar-refractivity contribution >= 4 is 28.6 Å². The van der Waals surface area contributed by atoms with Crippen molar-refractivity contribution in [3.05, 3.63) is 71.3 Å². The van der Waals surface area contributed by atoms with E-state index in [-0.39, 0.29) is 11.7 Å². The van der Waals surface area contributed by atoms with Gasteiger partial charge in [-0.3, -0.25) is 4.79 Å². The molecule has 2 aromatic carbocycles. The lowest BCUT2D eigenvalue weighted by Crippen LogP contribution is -2.21. The van der Waals surface area contributed by atoms with Crippen LogP contribution in [0.4, 0.5) is 0 Å². The number of imidazole rings is 1. The third kappa shape index (κ3) is 4.08. The van der Waals surface area contributed by atoms with E-state index in [4.69, 9.17) is 21.8 Å². The van der Waals surface area contributed by atoms with E-state index in [0.717, 1.165) is 22.2 Å². The molecule has 3 N–H and O–H groups in total. The van der Waals surface area contributed by atoms with Crippen LogP contribution >= 0.6 is 11.6 Å². The van der Waals surface area contributed by atoms with E-state index in [9.17, 15) is 9.90 Å². The van der Waals surface area contributed by atoms with Gasteiger partial charge in [-0.05, 0) is 55.7 Å². The second-order valence-corrected chi connectivity index (χ2v) is 7.64. The molecule has 154 valence electrons. The summed E-state index contributed by atoms with van der Waals surface area (Å²) in [6.07, 6.45) is 3.70. The number of oxazole rings is 1. The first-order valence-corrected chi connectivity index (χ1v) is 9.96. The summed E-state index contributed by atoms with van der Waals surface area (Å²) in [5.41, 5.74) is 8.78. The highest BCUT2D eigenvalue weighted by Crippen LogP contribution is 2.29. The van der Waals surface area contributed by atoms with E-state index in [2.05, 4.69) is 9.97 Å². The third-order valence-electron chi connectivity index (χ3n) is 5.09. The number of aromatic nitrogens is 3. The molecule has 0 aliphatic heterocycles. The average molecular weight is 425 g/mol. The fourth-order valence-corrected chi connectivity index (χ4v) is 3.63. The maximum Gasteiger partial charge on any atom is 0.268 e. The monoisotopic (exact) mass is 424 g/mol. The standard InChI is InChI=1S/C22H21ClN4O3/c1-13(28)19(27-11-18(21(24)29)25-12-27)10-7-14-3-2-4-17-20(14)30-22(26-17)15-5-8-16(23)9-6-15/h2-6,8-9,11-13,19,28H,7,10H2,1H3,(H2,24,29)/t13-,19?/m0/s1. The van der Waals surface area contributed by atoms with Crippen molar-refractivity contribution in [2.75, 3.05) is 0 Å². The Labute approximate surface area is 178 Å². The number of amides is 1. The number of benzene rings is 2. The Morgan fingerprint density at radius 3 is 2.70 bits per heavy atom. The zero-order valence-corrected chi connectivity index (χ0v) is 17.1. The first kappa shape index (κ1) is 20.1. The largest absolute Gasteiger partial charge is 0.436 e. The number of carbonyl (C=O) groups excluding carboxylic acids is 1. The molecule has 0 saturated heterocycles. The number of nitrogens with two attached hydrogens (primary N) is 1. The summed E-state index contributed by atoms with van der Waals surface area (Å²) in [4.78, 5) is 19.9. The molecular weight excluding hydrogens is 404 g/mol. The number of para-hydroxylation sites is 1. The van der Waals surface area contributed by atoms with Crippen molar-refractivity contribution in [1.29, 1.82) is 0 Å². The fraction of sp³-hybridized carbons (Fsp3) is 0.227. The van der Waals surface area contributed by atoms with Crippen LogP contribution in [0.15, 0.2) is 59.4 Å². The first-order chi connectivity index (χ1) is 14.4. The fourth-order valence-electron chi connectivity index (χ4n) is 3.51. The van der Waals surface area contributed by atoms with Crippen LogP contribution in [0.5, 0.6) is 0 Å². The number of carbonyl (C=O) groups is 1. The van der Waals surface area contributed by atoms with E-state index in [1.807, 2.05) is 30.3 Å². The van der Waals surface area contributed by atoms with Crippen molar-refractivity contribution in [3.63, 3.8) is 0 Å². The molecule has 4 rings (SSSR count). The highest BCUT2D eigenvalue weighted by atomic mass is 35.5. The molecule has 8 heteroatoms. The quantitative estimate of drug-likeness (QED) is 0.466. The molecule has 0 saturated carbocycles. The predicted octanol–water partition coefficient (Wildman–Crippen LogP) is 4.00. The predicted molar refractivity (Wildman–Crippen MR) is 114 cm³/mol. The van der Waals surface area contributed by atoms with Crippen LogP contribution in [0.25, 0.3) is 22.6 Å². The number of hydrogen-bond donors (Lipinski definition) is 2. The number of halogens is 1.